The van der Waals surface area contributed by atoms with Gasteiger partial charge in [-0.15, -0.1) is 0 Å². The first-order valence-electron chi connectivity index (χ1n) is 5.61. The van der Waals surface area contributed by atoms with Gasteiger partial charge in [0.25, 0.3) is 0 Å². The highest BCUT2D eigenvalue weighted by Gasteiger charge is 2.29. The van der Waals surface area contributed by atoms with Crippen molar-refractivity contribution in [3.8, 4) is 0 Å². The molecule has 1 saturated heterocycles. The topological polar surface area (TPSA) is 9.23 Å². The maximum Gasteiger partial charge on any atom is 0.0723 e. The zero-order valence-electron chi connectivity index (χ0n) is 9.33. The van der Waals surface area contributed by atoms with Gasteiger partial charge in [-0.25, -0.2) is 0 Å². The Morgan fingerprint density at radius 2 is 2.00 bits per heavy atom. The fraction of sp³-hybridized carbons (Fsp3) is 0.385. The van der Waals surface area contributed by atoms with Gasteiger partial charge >= 0.3 is 0 Å². The molecule has 0 saturated carbocycles. The fourth-order valence-electron chi connectivity index (χ4n) is 2.13. The van der Waals surface area contributed by atoms with E-state index >= 15 is 0 Å². The molecule has 80 valence electrons. The lowest BCUT2D eigenvalue weighted by molar-refractivity contribution is -0.0210. The molecule has 1 aliphatic heterocycles. The van der Waals surface area contributed by atoms with Crippen molar-refractivity contribution >= 4 is 16.3 Å². The van der Waals surface area contributed by atoms with Crippen LogP contribution in [0.1, 0.15) is 30.4 Å². The molecule has 0 N–H and O–H groups in total. The molecule has 1 nitrogen and oxygen atoms in total. The second-order valence-corrected chi connectivity index (χ2v) is 5.98. The van der Waals surface area contributed by atoms with Crippen LogP contribution < -0.4 is 0 Å². The van der Waals surface area contributed by atoms with Crippen molar-refractivity contribution in [2.24, 2.45) is 0 Å². The van der Waals surface area contributed by atoms with Crippen molar-refractivity contribution in [1.29, 1.82) is 0 Å². The summed E-state index contributed by atoms with van der Waals surface area (Å²) in [5.41, 5.74) is 2.53. The molecule has 15 heavy (non-hydrogen) atoms. The fourth-order valence-corrected chi connectivity index (χ4v) is 3.02. The highest BCUT2D eigenvalue weighted by molar-refractivity contribution is 6.14. The van der Waals surface area contributed by atoms with Gasteiger partial charge in [-0.3, -0.25) is 0 Å². The summed E-state index contributed by atoms with van der Waals surface area (Å²) in [7, 11) is 1.07. The average molecular weight is 218 g/mol. The van der Waals surface area contributed by atoms with Gasteiger partial charge in [0, 0.05) is 16.8 Å². The van der Waals surface area contributed by atoms with Gasteiger partial charge in [0.15, 0.2) is 0 Å². The third kappa shape index (κ3) is 2.21. The molecule has 0 aliphatic carbocycles. The summed E-state index contributed by atoms with van der Waals surface area (Å²) in [6.07, 6.45) is 5.58. The largest absolute Gasteiger partial charge is 0.375 e. The average Bonchev–Trinajstić information content (AvgIpc) is 2.30. The van der Waals surface area contributed by atoms with E-state index in [9.17, 15) is 0 Å². The summed E-state index contributed by atoms with van der Waals surface area (Å²) in [6, 6.07) is 8.63. The molecule has 1 atom stereocenters. The smallest absolute Gasteiger partial charge is 0.0723 e. The Balaban J connectivity index is 2.23. The predicted molar refractivity (Wildman–Crippen MR) is 68.0 cm³/mol. The standard InChI is InChI=1S/C13H18OSi/c1-2-11-5-7-12(8-6-11)13(15)9-3-4-10-14-13/h2,5-8H,1,3-4,9-10H2,15H3. The van der Waals surface area contributed by atoms with E-state index in [1.807, 2.05) is 6.08 Å². The summed E-state index contributed by atoms with van der Waals surface area (Å²) in [4.78, 5) is 0. The monoisotopic (exact) mass is 218 g/mol. The van der Waals surface area contributed by atoms with Crippen LogP contribution >= 0.6 is 0 Å². The Labute approximate surface area is 94.6 Å². The zero-order chi connectivity index (χ0) is 10.7. The molecule has 1 aromatic rings. The predicted octanol–water partition coefficient (Wildman–Crippen LogP) is 2.05. The molecular weight excluding hydrogens is 200 g/mol. The third-order valence-corrected chi connectivity index (χ3v) is 4.59. The molecule has 1 unspecified atom stereocenters. The first-order chi connectivity index (χ1) is 7.24. The highest BCUT2D eigenvalue weighted by atomic mass is 28.1. The number of benzene rings is 1. The van der Waals surface area contributed by atoms with Gasteiger partial charge in [-0.1, -0.05) is 36.9 Å². The molecule has 1 aliphatic rings. The van der Waals surface area contributed by atoms with E-state index < -0.39 is 0 Å². The van der Waals surface area contributed by atoms with Crippen LogP contribution in [0.4, 0.5) is 0 Å². The van der Waals surface area contributed by atoms with E-state index in [0.29, 0.717) is 0 Å². The van der Waals surface area contributed by atoms with Gasteiger partial charge in [0.1, 0.15) is 0 Å². The van der Waals surface area contributed by atoms with Crippen molar-refractivity contribution in [3.63, 3.8) is 0 Å². The van der Waals surface area contributed by atoms with E-state index in [-0.39, 0.29) is 5.22 Å². The third-order valence-electron chi connectivity index (χ3n) is 3.23. The van der Waals surface area contributed by atoms with Crippen LogP contribution in [0, 0.1) is 0 Å². The highest BCUT2D eigenvalue weighted by Crippen LogP contribution is 2.32. The Morgan fingerprint density at radius 3 is 2.53 bits per heavy atom. The van der Waals surface area contributed by atoms with E-state index in [1.165, 1.54) is 30.4 Å². The Bertz CT molecular complexity index is 336. The van der Waals surface area contributed by atoms with E-state index in [2.05, 4.69) is 30.8 Å². The number of hydrogen-bond donors (Lipinski definition) is 0. The Hall–Kier alpha value is -0.863. The number of rotatable bonds is 2. The summed E-state index contributed by atoms with van der Waals surface area (Å²) < 4.78 is 5.96. The maximum atomic E-state index is 5.96. The van der Waals surface area contributed by atoms with Crippen LogP contribution in [0.5, 0.6) is 0 Å². The zero-order valence-corrected chi connectivity index (χ0v) is 11.3. The minimum absolute atomic E-state index is 0.0674. The van der Waals surface area contributed by atoms with E-state index in [0.717, 1.165) is 16.8 Å². The van der Waals surface area contributed by atoms with Gasteiger partial charge in [-0.2, -0.15) is 0 Å². The van der Waals surface area contributed by atoms with Crippen molar-refractivity contribution in [3.05, 3.63) is 42.0 Å². The molecule has 0 aromatic heterocycles. The van der Waals surface area contributed by atoms with Crippen LogP contribution in [0.15, 0.2) is 30.8 Å². The van der Waals surface area contributed by atoms with Crippen LogP contribution in [-0.2, 0) is 9.96 Å². The van der Waals surface area contributed by atoms with Gasteiger partial charge < -0.3 is 4.74 Å². The lowest BCUT2D eigenvalue weighted by Crippen LogP contribution is -2.33. The van der Waals surface area contributed by atoms with Gasteiger partial charge in [0.2, 0.25) is 0 Å². The summed E-state index contributed by atoms with van der Waals surface area (Å²) >= 11 is 0. The first-order valence-corrected chi connectivity index (χ1v) is 6.61. The summed E-state index contributed by atoms with van der Waals surface area (Å²) in [6.45, 7) is 4.69. The van der Waals surface area contributed by atoms with Gasteiger partial charge in [-0.05, 0) is 30.4 Å². The molecule has 0 spiro atoms. The molecule has 1 aromatic carbocycles. The quantitative estimate of drug-likeness (QED) is 0.690. The van der Waals surface area contributed by atoms with Crippen LogP contribution in [0.2, 0.25) is 0 Å². The van der Waals surface area contributed by atoms with Crippen molar-refractivity contribution < 1.29 is 4.74 Å². The minimum Gasteiger partial charge on any atom is -0.375 e. The summed E-state index contributed by atoms with van der Waals surface area (Å²) in [5.74, 6) is 0. The number of hydrogen-bond acceptors (Lipinski definition) is 1. The van der Waals surface area contributed by atoms with Crippen molar-refractivity contribution in [2.45, 2.75) is 24.5 Å². The SMILES string of the molecule is C=Cc1ccc(C2([SiH3])CCCCO2)cc1. The molecular formula is C13H18OSi. The van der Waals surface area contributed by atoms with Crippen LogP contribution in [0.25, 0.3) is 6.08 Å². The van der Waals surface area contributed by atoms with Gasteiger partial charge in [0.05, 0.1) is 5.22 Å². The molecule has 1 fully saturated rings. The normalized spacial score (nSPS) is 26.4. The molecule has 0 amide bonds. The molecule has 0 bridgehead atoms. The second kappa shape index (κ2) is 4.33. The lowest BCUT2D eigenvalue weighted by atomic mass is 9.99. The summed E-state index contributed by atoms with van der Waals surface area (Å²) in [5, 5.41) is 0.0674. The Morgan fingerprint density at radius 1 is 1.27 bits per heavy atom. The van der Waals surface area contributed by atoms with Crippen LogP contribution in [-0.4, -0.2) is 16.8 Å². The minimum atomic E-state index is 0.0674. The van der Waals surface area contributed by atoms with E-state index in [1.54, 1.807) is 0 Å². The molecule has 0 radical (unpaired) electrons. The Kier molecular flexibility index (Phi) is 3.07. The molecule has 2 rings (SSSR count). The second-order valence-electron chi connectivity index (χ2n) is 4.36. The van der Waals surface area contributed by atoms with Crippen molar-refractivity contribution in [2.75, 3.05) is 6.61 Å². The lowest BCUT2D eigenvalue weighted by Gasteiger charge is -2.34. The van der Waals surface area contributed by atoms with E-state index in [4.69, 9.17) is 4.74 Å². The van der Waals surface area contributed by atoms with Crippen molar-refractivity contribution in [1.82, 2.24) is 0 Å². The number of ether oxygens (including phenoxy) is 1. The molecule has 1 heterocycles. The first kappa shape index (κ1) is 10.6. The molecule has 2 heteroatoms. The van der Waals surface area contributed by atoms with Crippen LogP contribution in [0.3, 0.4) is 0 Å². The maximum absolute atomic E-state index is 5.96.